The van der Waals surface area contributed by atoms with E-state index in [1.54, 1.807) is 0 Å². The number of nitrogens with zero attached hydrogens (tertiary/aromatic N) is 3. The molecule has 0 unspecified atom stereocenters. The van der Waals surface area contributed by atoms with E-state index in [0.29, 0.717) is 23.3 Å². The first kappa shape index (κ1) is 28.7. The zero-order valence-electron chi connectivity index (χ0n) is 26.6. The molecule has 0 bridgehead atoms. The molecular weight excluding hydrogens is 603 g/mol. The van der Waals surface area contributed by atoms with Gasteiger partial charge >= 0.3 is 0 Å². The maximum atomic E-state index is 12.2. The number of aromatic hydroxyl groups is 1. The van der Waals surface area contributed by atoms with E-state index >= 15 is 0 Å². The van der Waals surface area contributed by atoms with Gasteiger partial charge in [-0.15, -0.1) is 0 Å². The first-order valence-corrected chi connectivity index (χ1v) is 16.5. The lowest BCUT2D eigenvalue weighted by molar-refractivity contribution is 0.470. The van der Waals surface area contributed by atoms with Gasteiger partial charge in [-0.1, -0.05) is 115 Å². The van der Waals surface area contributed by atoms with Crippen molar-refractivity contribution in [3.8, 4) is 34.1 Å². The molecule has 0 atom stereocenters. The smallest absolute Gasteiger partial charge is 0.145 e. The third kappa shape index (κ3) is 5.22. The molecule has 3 heterocycles. The van der Waals surface area contributed by atoms with Crippen LogP contribution in [0.15, 0.2) is 163 Å². The number of phenols is 1. The molecule has 0 aliphatic heterocycles. The van der Waals surface area contributed by atoms with Gasteiger partial charge in [0.05, 0.1) is 5.69 Å². The Balaban J connectivity index is 1.18. The van der Waals surface area contributed by atoms with Gasteiger partial charge in [-0.25, -0.2) is 4.98 Å². The molecule has 0 spiro atoms. The van der Waals surface area contributed by atoms with Crippen molar-refractivity contribution < 1.29 is 9.52 Å². The van der Waals surface area contributed by atoms with Crippen LogP contribution in [0.2, 0.25) is 0 Å². The van der Waals surface area contributed by atoms with Crippen LogP contribution in [0.5, 0.6) is 5.75 Å². The van der Waals surface area contributed by atoms with Crippen molar-refractivity contribution in [3.63, 3.8) is 0 Å². The number of para-hydroxylation sites is 2. The average molecular weight is 634 g/mol. The van der Waals surface area contributed by atoms with E-state index in [-0.39, 0.29) is 5.75 Å². The van der Waals surface area contributed by atoms with Crippen molar-refractivity contribution in [2.75, 3.05) is 0 Å². The second kappa shape index (κ2) is 12.0. The largest absolute Gasteiger partial charge is 0.507 e. The highest BCUT2D eigenvalue weighted by atomic mass is 16.3. The van der Waals surface area contributed by atoms with Gasteiger partial charge in [0.2, 0.25) is 0 Å². The summed E-state index contributed by atoms with van der Waals surface area (Å²) < 4.78 is 8.57. The van der Waals surface area contributed by atoms with Crippen molar-refractivity contribution in [2.24, 2.45) is 0 Å². The molecule has 5 nitrogen and oxygen atoms in total. The molecule has 234 valence electrons. The summed E-state index contributed by atoms with van der Waals surface area (Å²) in [4.78, 5) is 9.66. The summed E-state index contributed by atoms with van der Waals surface area (Å²) in [6.07, 6.45) is 7.13. The third-order valence-electron chi connectivity index (χ3n) is 9.30. The Bertz CT molecular complexity index is 2560. The fourth-order valence-corrected chi connectivity index (χ4v) is 6.95. The number of aromatic nitrogens is 3. The van der Waals surface area contributed by atoms with Crippen molar-refractivity contribution in [3.05, 3.63) is 180 Å². The number of hydrogen-bond donors (Lipinski definition) is 1. The fourth-order valence-electron chi connectivity index (χ4n) is 6.95. The molecule has 0 aliphatic carbocycles. The number of phenolic OH excluding ortho intramolecular Hbond substituents is 1. The highest BCUT2D eigenvalue weighted by Gasteiger charge is 2.23. The SMILES string of the molecule is Oc1c(-c2cn(-c3ccccc3)c(-c3ccccc3)n2)cc2c(oc3ccccc32)c1Cc1cccc(Cc2cncc3ccccc23)c1. The molecule has 5 heteroatoms. The maximum absolute atomic E-state index is 12.2. The molecule has 49 heavy (non-hydrogen) atoms. The Kier molecular flexibility index (Phi) is 7.02. The minimum absolute atomic E-state index is 0.174. The van der Waals surface area contributed by atoms with Crippen LogP contribution in [0.1, 0.15) is 22.3 Å². The Morgan fingerprint density at radius 2 is 1.35 bits per heavy atom. The van der Waals surface area contributed by atoms with Gasteiger partial charge in [-0.2, -0.15) is 0 Å². The van der Waals surface area contributed by atoms with E-state index in [1.807, 2.05) is 85.3 Å². The lowest BCUT2D eigenvalue weighted by atomic mass is 9.94. The van der Waals surface area contributed by atoms with E-state index in [1.165, 1.54) is 16.5 Å². The molecule has 0 saturated heterocycles. The van der Waals surface area contributed by atoms with Crippen molar-refractivity contribution >= 4 is 32.7 Å². The summed E-state index contributed by atoms with van der Waals surface area (Å²) in [6.45, 7) is 0. The summed E-state index contributed by atoms with van der Waals surface area (Å²) in [5.74, 6) is 0.975. The van der Waals surface area contributed by atoms with Crippen molar-refractivity contribution in [1.29, 1.82) is 0 Å². The lowest BCUT2D eigenvalue weighted by Gasteiger charge is -2.12. The van der Waals surface area contributed by atoms with Gasteiger partial charge < -0.3 is 9.52 Å². The van der Waals surface area contributed by atoms with Gasteiger partial charge in [-0.05, 0) is 52.8 Å². The van der Waals surface area contributed by atoms with Gasteiger partial charge in [0, 0.05) is 63.5 Å². The molecule has 0 amide bonds. The van der Waals surface area contributed by atoms with E-state index in [4.69, 9.17) is 9.40 Å². The van der Waals surface area contributed by atoms with Crippen LogP contribution < -0.4 is 0 Å². The molecular formula is C44H31N3O2. The van der Waals surface area contributed by atoms with Crippen LogP contribution in [-0.4, -0.2) is 19.6 Å². The number of rotatable bonds is 7. The summed E-state index contributed by atoms with van der Waals surface area (Å²) in [6, 6.07) is 47.4. The third-order valence-corrected chi connectivity index (χ3v) is 9.30. The monoisotopic (exact) mass is 633 g/mol. The molecule has 6 aromatic carbocycles. The zero-order valence-corrected chi connectivity index (χ0v) is 26.6. The van der Waals surface area contributed by atoms with Crippen LogP contribution in [-0.2, 0) is 12.8 Å². The quantitative estimate of drug-likeness (QED) is 0.190. The van der Waals surface area contributed by atoms with Crippen LogP contribution in [0, 0.1) is 0 Å². The van der Waals surface area contributed by atoms with Gasteiger partial charge in [0.25, 0.3) is 0 Å². The Morgan fingerprint density at radius 1 is 0.633 bits per heavy atom. The number of pyridine rings is 1. The minimum atomic E-state index is 0.174. The molecule has 0 aliphatic rings. The molecule has 3 aromatic heterocycles. The average Bonchev–Trinajstić information content (AvgIpc) is 3.76. The summed E-state index contributed by atoms with van der Waals surface area (Å²) >= 11 is 0. The minimum Gasteiger partial charge on any atom is -0.507 e. The number of fused-ring (bicyclic) bond motifs is 4. The summed E-state index contributed by atoms with van der Waals surface area (Å²) in [5.41, 5.74) is 9.00. The second-order valence-electron chi connectivity index (χ2n) is 12.4. The first-order chi connectivity index (χ1) is 24.2. The number of benzene rings is 6. The summed E-state index contributed by atoms with van der Waals surface area (Å²) in [5, 5.41) is 16.5. The van der Waals surface area contributed by atoms with Crippen LogP contribution >= 0.6 is 0 Å². The highest BCUT2D eigenvalue weighted by Crippen LogP contribution is 2.43. The molecule has 1 N–H and O–H groups in total. The van der Waals surface area contributed by atoms with Gasteiger partial charge in [-0.3, -0.25) is 9.55 Å². The predicted molar refractivity (Wildman–Crippen MR) is 197 cm³/mol. The van der Waals surface area contributed by atoms with E-state index in [0.717, 1.165) is 56.4 Å². The zero-order chi connectivity index (χ0) is 32.7. The highest BCUT2D eigenvalue weighted by molar-refractivity contribution is 6.08. The maximum Gasteiger partial charge on any atom is 0.145 e. The van der Waals surface area contributed by atoms with Crippen molar-refractivity contribution in [2.45, 2.75) is 12.8 Å². The van der Waals surface area contributed by atoms with Crippen molar-refractivity contribution in [1.82, 2.24) is 14.5 Å². The molecule has 0 radical (unpaired) electrons. The Labute approximate surface area is 283 Å². The number of furan rings is 1. The predicted octanol–water partition coefficient (Wildman–Crippen LogP) is 10.5. The Morgan fingerprint density at radius 3 is 2.18 bits per heavy atom. The van der Waals surface area contributed by atoms with Crippen LogP contribution in [0.4, 0.5) is 0 Å². The normalized spacial score (nSPS) is 11.5. The van der Waals surface area contributed by atoms with Crippen LogP contribution in [0.3, 0.4) is 0 Å². The van der Waals surface area contributed by atoms with Gasteiger partial charge in [0.1, 0.15) is 22.7 Å². The molecule has 9 aromatic rings. The second-order valence-corrected chi connectivity index (χ2v) is 12.4. The first-order valence-electron chi connectivity index (χ1n) is 16.5. The topological polar surface area (TPSA) is 64.1 Å². The standard InChI is InChI=1S/C44H31N3O2/c48-42-38(40-28-47(34-17-5-2-6-18-34)44(46-40)31-14-3-1-4-15-31)25-37-36-20-9-10-21-41(36)49-43(37)39(42)24-30-13-11-12-29(22-30)23-33-27-45-26-32-16-7-8-19-35(32)33/h1-22,25-28,48H,23-24H2. The molecule has 0 fully saturated rings. The van der Waals surface area contributed by atoms with Gasteiger partial charge in [0.15, 0.2) is 0 Å². The van der Waals surface area contributed by atoms with E-state index in [9.17, 15) is 5.11 Å². The number of imidazole rings is 1. The number of hydrogen-bond acceptors (Lipinski definition) is 4. The fraction of sp³-hybridized carbons (Fsp3) is 0.0455. The van der Waals surface area contributed by atoms with E-state index < -0.39 is 0 Å². The lowest BCUT2D eigenvalue weighted by Crippen LogP contribution is -1.96. The molecule has 9 rings (SSSR count). The molecule has 0 saturated carbocycles. The van der Waals surface area contributed by atoms with E-state index in [2.05, 4.69) is 82.3 Å². The van der Waals surface area contributed by atoms with Crippen LogP contribution in [0.25, 0.3) is 61.0 Å². The Hall–Kier alpha value is -6.46. The summed E-state index contributed by atoms with van der Waals surface area (Å²) in [7, 11) is 0.